The van der Waals surface area contributed by atoms with Crippen molar-refractivity contribution < 1.29 is 0 Å². The lowest BCUT2D eigenvalue weighted by atomic mass is 9.85. The van der Waals surface area contributed by atoms with Gasteiger partial charge in [0.15, 0.2) is 0 Å². The molecule has 8 aromatic rings. The normalized spacial score (nSPS) is 11.6. The van der Waals surface area contributed by atoms with Crippen molar-refractivity contribution in [2.45, 2.75) is 0 Å². The van der Waals surface area contributed by atoms with Crippen molar-refractivity contribution in [2.24, 2.45) is 0 Å². The van der Waals surface area contributed by atoms with Gasteiger partial charge in [-0.25, -0.2) is 0 Å². The van der Waals surface area contributed by atoms with E-state index in [9.17, 15) is 10.5 Å². The molecule has 1 aliphatic carbocycles. The monoisotopic (exact) mass is 554 g/mol. The molecule has 0 unspecified atom stereocenters. The third-order valence-electron chi connectivity index (χ3n) is 9.20. The third kappa shape index (κ3) is 3.40. The molecule has 0 saturated carbocycles. The van der Waals surface area contributed by atoms with Crippen LogP contribution < -0.4 is 0 Å². The van der Waals surface area contributed by atoms with E-state index in [0.29, 0.717) is 11.1 Å². The first-order valence-corrected chi connectivity index (χ1v) is 14.7. The maximum atomic E-state index is 9.75. The van der Waals surface area contributed by atoms with Gasteiger partial charge in [0.2, 0.25) is 0 Å². The van der Waals surface area contributed by atoms with Crippen LogP contribution in [-0.2, 0) is 0 Å². The first-order chi connectivity index (χ1) is 21.7. The quantitative estimate of drug-likeness (QED) is 0.200. The van der Waals surface area contributed by atoms with E-state index in [0.717, 1.165) is 38.4 Å². The smallest absolute Gasteiger partial charge is 0.0991 e. The molecule has 0 heterocycles. The van der Waals surface area contributed by atoms with E-state index in [1.165, 1.54) is 49.2 Å². The van der Waals surface area contributed by atoms with E-state index in [4.69, 9.17) is 0 Å². The van der Waals surface area contributed by atoms with E-state index in [1.54, 1.807) is 0 Å². The molecule has 0 saturated heterocycles. The lowest BCUT2D eigenvalue weighted by molar-refractivity contribution is 1.48. The second kappa shape index (κ2) is 9.14. The summed E-state index contributed by atoms with van der Waals surface area (Å²) in [6.07, 6.45) is 0. The fourth-order valence-corrected chi connectivity index (χ4v) is 7.27. The first kappa shape index (κ1) is 24.4. The van der Waals surface area contributed by atoms with E-state index in [2.05, 4.69) is 109 Å². The Bertz CT molecular complexity index is 2620. The van der Waals surface area contributed by atoms with Gasteiger partial charge in [0.05, 0.1) is 23.3 Å². The fraction of sp³-hybridized carbons (Fsp3) is 0. The average molecular weight is 555 g/mol. The van der Waals surface area contributed by atoms with Crippen LogP contribution in [0.3, 0.4) is 0 Å². The van der Waals surface area contributed by atoms with Crippen LogP contribution >= 0.6 is 0 Å². The Hall–Kier alpha value is -6.22. The Morgan fingerprint density at radius 3 is 1.43 bits per heavy atom. The van der Waals surface area contributed by atoms with Crippen molar-refractivity contribution in [3.63, 3.8) is 0 Å². The van der Waals surface area contributed by atoms with E-state index in [1.807, 2.05) is 36.4 Å². The molecule has 44 heavy (non-hydrogen) atoms. The SMILES string of the molecule is N#Cc1cccc(-c2cc3c4cc5c(cc4c(-c4cccc(C#N)c4)cc3c3ccccc23)-c2cccc3cccc-5c23)c1. The zero-order valence-electron chi connectivity index (χ0n) is 23.6. The summed E-state index contributed by atoms with van der Waals surface area (Å²) in [7, 11) is 0. The van der Waals surface area contributed by atoms with Gasteiger partial charge in [-0.1, -0.05) is 84.9 Å². The largest absolute Gasteiger partial charge is 0.192 e. The van der Waals surface area contributed by atoms with Gasteiger partial charge in [-0.3, -0.25) is 0 Å². The summed E-state index contributed by atoms with van der Waals surface area (Å²) in [5.74, 6) is 0. The predicted molar refractivity (Wildman–Crippen MR) is 181 cm³/mol. The van der Waals surface area contributed by atoms with Gasteiger partial charge in [0.25, 0.3) is 0 Å². The van der Waals surface area contributed by atoms with Crippen LogP contribution in [0.15, 0.2) is 133 Å². The van der Waals surface area contributed by atoms with Crippen LogP contribution in [0, 0.1) is 22.7 Å². The summed E-state index contributed by atoms with van der Waals surface area (Å²) in [6, 6.07) is 51.5. The molecule has 8 aromatic carbocycles. The van der Waals surface area contributed by atoms with Crippen LogP contribution in [0.25, 0.3) is 87.6 Å². The summed E-state index contributed by atoms with van der Waals surface area (Å²) < 4.78 is 0. The Morgan fingerprint density at radius 2 is 0.818 bits per heavy atom. The Balaban J connectivity index is 1.47. The second-order valence-electron chi connectivity index (χ2n) is 11.5. The molecule has 1 aliphatic rings. The van der Waals surface area contributed by atoms with Crippen LogP contribution in [0.2, 0.25) is 0 Å². The van der Waals surface area contributed by atoms with Crippen LogP contribution in [0.1, 0.15) is 11.1 Å². The molecule has 0 bridgehead atoms. The maximum absolute atomic E-state index is 9.75. The first-order valence-electron chi connectivity index (χ1n) is 14.7. The number of fused-ring (bicyclic) bond motifs is 8. The van der Waals surface area contributed by atoms with Crippen LogP contribution in [0.4, 0.5) is 0 Å². The molecular weight excluding hydrogens is 532 g/mol. The van der Waals surface area contributed by atoms with Gasteiger partial charge in [0.1, 0.15) is 0 Å². The number of benzene rings is 8. The lowest BCUT2D eigenvalue weighted by Crippen LogP contribution is -1.91. The number of nitrogens with zero attached hydrogens (tertiary/aromatic N) is 2. The van der Waals surface area contributed by atoms with Gasteiger partial charge in [-0.2, -0.15) is 10.5 Å². The Labute approximate surface area is 254 Å². The zero-order chi connectivity index (χ0) is 29.4. The number of nitriles is 2. The summed E-state index contributed by atoms with van der Waals surface area (Å²) in [5.41, 5.74) is 10.6. The molecule has 2 heteroatoms. The van der Waals surface area contributed by atoms with Gasteiger partial charge in [0, 0.05) is 0 Å². The highest BCUT2D eigenvalue weighted by atomic mass is 14.3. The molecule has 0 N–H and O–H groups in total. The van der Waals surface area contributed by atoms with Crippen LogP contribution in [-0.4, -0.2) is 0 Å². The number of hydrogen-bond donors (Lipinski definition) is 0. The van der Waals surface area contributed by atoms with Crippen molar-refractivity contribution in [3.05, 3.63) is 145 Å². The van der Waals surface area contributed by atoms with E-state index in [-0.39, 0.29) is 0 Å². The van der Waals surface area contributed by atoms with Gasteiger partial charge in [-0.15, -0.1) is 0 Å². The fourth-order valence-electron chi connectivity index (χ4n) is 7.27. The Morgan fingerprint density at radius 1 is 0.341 bits per heavy atom. The topological polar surface area (TPSA) is 47.6 Å². The molecule has 0 aromatic heterocycles. The second-order valence-corrected chi connectivity index (χ2v) is 11.5. The summed E-state index contributed by atoms with van der Waals surface area (Å²) in [6.45, 7) is 0. The minimum atomic E-state index is 0.645. The predicted octanol–water partition coefficient (Wildman–Crippen LogP) is 11.0. The minimum absolute atomic E-state index is 0.645. The van der Waals surface area contributed by atoms with Crippen molar-refractivity contribution in [2.75, 3.05) is 0 Å². The molecule has 0 aliphatic heterocycles. The average Bonchev–Trinajstić information content (AvgIpc) is 3.40. The van der Waals surface area contributed by atoms with Gasteiger partial charge >= 0.3 is 0 Å². The molecule has 0 fully saturated rings. The molecular formula is C42H22N2. The standard InChI is InChI=1S/C42H22N2/c43-23-25-7-3-11-28(17-25)34-19-40-36(31-14-2-1-13-30(31)34)20-35(29-12-4-8-26(18-29)24-44)39-21-37-32-15-5-9-27-10-6-16-33(42(27)32)38(37)22-41(39)40/h1-22H. The molecule has 0 radical (unpaired) electrons. The molecule has 0 atom stereocenters. The highest BCUT2D eigenvalue weighted by Gasteiger charge is 2.24. The third-order valence-corrected chi connectivity index (χ3v) is 9.20. The van der Waals surface area contributed by atoms with Crippen LogP contribution in [0.5, 0.6) is 0 Å². The van der Waals surface area contributed by atoms with Gasteiger partial charge in [-0.05, 0) is 136 Å². The zero-order valence-corrected chi connectivity index (χ0v) is 23.6. The maximum Gasteiger partial charge on any atom is 0.0991 e. The molecule has 2 nitrogen and oxygen atoms in total. The van der Waals surface area contributed by atoms with Crippen molar-refractivity contribution in [1.29, 1.82) is 10.5 Å². The number of rotatable bonds is 2. The van der Waals surface area contributed by atoms with Crippen molar-refractivity contribution >= 4 is 43.1 Å². The summed E-state index contributed by atoms with van der Waals surface area (Å²) in [5, 5.41) is 28.9. The number of hydrogen-bond acceptors (Lipinski definition) is 2. The minimum Gasteiger partial charge on any atom is -0.192 e. The molecule has 0 amide bonds. The Kier molecular flexibility index (Phi) is 5.06. The lowest BCUT2D eigenvalue weighted by Gasteiger charge is -2.18. The van der Waals surface area contributed by atoms with E-state index >= 15 is 0 Å². The summed E-state index contributed by atoms with van der Waals surface area (Å²) in [4.78, 5) is 0. The molecule has 9 rings (SSSR count). The molecule has 200 valence electrons. The van der Waals surface area contributed by atoms with Gasteiger partial charge < -0.3 is 0 Å². The van der Waals surface area contributed by atoms with Crippen molar-refractivity contribution in [3.8, 4) is 56.6 Å². The van der Waals surface area contributed by atoms with E-state index < -0.39 is 0 Å². The highest BCUT2D eigenvalue weighted by molar-refractivity contribution is 6.27. The molecule has 0 spiro atoms. The highest BCUT2D eigenvalue weighted by Crippen LogP contribution is 2.51. The summed E-state index contributed by atoms with van der Waals surface area (Å²) >= 11 is 0. The van der Waals surface area contributed by atoms with Crippen molar-refractivity contribution in [1.82, 2.24) is 0 Å².